The van der Waals surface area contributed by atoms with Crippen LogP contribution < -0.4 is 0 Å². The van der Waals surface area contributed by atoms with Gasteiger partial charge in [0.1, 0.15) is 0 Å². The summed E-state index contributed by atoms with van der Waals surface area (Å²) < 4.78 is 5.06. The number of carbonyl (C=O) groups is 2. The Kier molecular flexibility index (Phi) is 5.20. The summed E-state index contributed by atoms with van der Waals surface area (Å²) in [6.45, 7) is 2.38. The van der Waals surface area contributed by atoms with E-state index < -0.39 is 11.9 Å². The van der Waals surface area contributed by atoms with Crippen LogP contribution in [0, 0.1) is 0 Å². The van der Waals surface area contributed by atoms with E-state index in [-0.39, 0.29) is 6.42 Å². The van der Waals surface area contributed by atoms with Crippen LogP contribution >= 0.6 is 0 Å². The van der Waals surface area contributed by atoms with Crippen LogP contribution in [-0.4, -0.2) is 23.7 Å². The predicted octanol–water partition coefficient (Wildman–Crippen LogP) is 2.27. The lowest BCUT2D eigenvalue weighted by atomic mass is 10.1. The maximum absolute atomic E-state index is 11.7. The van der Waals surface area contributed by atoms with E-state index in [2.05, 4.69) is 0 Å². The Balaban J connectivity index is 2.74. The number of rotatable bonds is 6. The van der Waals surface area contributed by atoms with Gasteiger partial charge in [0.2, 0.25) is 0 Å². The highest BCUT2D eigenvalue weighted by molar-refractivity contribution is 5.92. The molecule has 17 heavy (non-hydrogen) atoms. The first-order chi connectivity index (χ1) is 8.15. The average Bonchev–Trinajstić information content (AvgIpc) is 2.29. The third kappa shape index (κ3) is 4.26. The average molecular weight is 236 g/mol. The summed E-state index contributed by atoms with van der Waals surface area (Å²) in [4.78, 5) is 22.4. The summed E-state index contributed by atoms with van der Waals surface area (Å²) in [5.74, 6) is -1.41. The van der Waals surface area contributed by atoms with Crippen molar-refractivity contribution in [3.8, 4) is 0 Å². The van der Waals surface area contributed by atoms with E-state index in [1.54, 1.807) is 24.3 Å². The van der Waals surface area contributed by atoms with Crippen molar-refractivity contribution >= 4 is 11.9 Å². The van der Waals surface area contributed by atoms with Crippen molar-refractivity contribution in [2.45, 2.75) is 26.2 Å². The molecule has 0 saturated heterocycles. The molecule has 4 heteroatoms. The fourth-order valence-corrected chi connectivity index (χ4v) is 1.42. The second-order valence-electron chi connectivity index (χ2n) is 3.72. The number of carboxylic acids is 1. The molecular formula is C13H16O4. The van der Waals surface area contributed by atoms with E-state index in [1.165, 1.54) is 0 Å². The van der Waals surface area contributed by atoms with Crippen molar-refractivity contribution in [1.82, 2.24) is 0 Å². The molecule has 1 aromatic rings. The van der Waals surface area contributed by atoms with Gasteiger partial charge in [-0.25, -0.2) is 4.79 Å². The number of hydrogen-bond acceptors (Lipinski definition) is 3. The molecule has 0 amide bonds. The third-order valence-corrected chi connectivity index (χ3v) is 2.31. The number of hydrogen-bond donors (Lipinski definition) is 1. The van der Waals surface area contributed by atoms with Crippen LogP contribution in [0.15, 0.2) is 24.3 Å². The molecule has 0 aliphatic rings. The number of unbranched alkanes of at least 4 members (excludes halogenated alkanes) is 1. The van der Waals surface area contributed by atoms with Gasteiger partial charge < -0.3 is 9.84 Å². The van der Waals surface area contributed by atoms with Gasteiger partial charge in [0.25, 0.3) is 0 Å². The zero-order valence-corrected chi connectivity index (χ0v) is 9.81. The first kappa shape index (κ1) is 13.2. The van der Waals surface area contributed by atoms with Gasteiger partial charge in [-0.05, 0) is 18.1 Å². The van der Waals surface area contributed by atoms with Crippen LogP contribution in [0.1, 0.15) is 35.7 Å². The molecule has 92 valence electrons. The lowest BCUT2D eigenvalue weighted by molar-refractivity contribution is -0.136. The molecule has 0 spiro atoms. The molecule has 0 aliphatic carbocycles. The molecule has 0 aromatic heterocycles. The van der Waals surface area contributed by atoms with Crippen molar-refractivity contribution in [3.63, 3.8) is 0 Å². The van der Waals surface area contributed by atoms with E-state index in [1.807, 2.05) is 6.92 Å². The number of benzene rings is 1. The van der Waals surface area contributed by atoms with Crippen LogP contribution in [-0.2, 0) is 16.0 Å². The van der Waals surface area contributed by atoms with Crippen LogP contribution in [0.5, 0.6) is 0 Å². The Morgan fingerprint density at radius 3 is 2.65 bits per heavy atom. The van der Waals surface area contributed by atoms with Crippen molar-refractivity contribution < 1.29 is 19.4 Å². The molecule has 1 rings (SSSR count). The topological polar surface area (TPSA) is 63.6 Å². The lowest BCUT2D eigenvalue weighted by Gasteiger charge is -2.07. The molecule has 0 atom stereocenters. The first-order valence-corrected chi connectivity index (χ1v) is 5.62. The highest BCUT2D eigenvalue weighted by atomic mass is 16.5. The molecule has 0 unspecified atom stereocenters. The maximum Gasteiger partial charge on any atom is 0.338 e. The standard InChI is InChI=1S/C13H16O4/c1-2-3-8-17-13(16)11-7-5-4-6-10(11)9-12(14)15/h4-7H,2-3,8-9H2,1H3,(H,14,15). The predicted molar refractivity (Wildman–Crippen MR) is 63.0 cm³/mol. The monoisotopic (exact) mass is 236 g/mol. The number of carbonyl (C=O) groups excluding carboxylic acids is 1. The fourth-order valence-electron chi connectivity index (χ4n) is 1.42. The summed E-state index contributed by atoms with van der Waals surface area (Å²) in [5, 5.41) is 8.74. The van der Waals surface area contributed by atoms with Gasteiger partial charge in [-0.2, -0.15) is 0 Å². The molecule has 1 N–H and O–H groups in total. The van der Waals surface area contributed by atoms with Gasteiger partial charge in [0, 0.05) is 0 Å². The van der Waals surface area contributed by atoms with Gasteiger partial charge in [0.15, 0.2) is 0 Å². The lowest BCUT2D eigenvalue weighted by Crippen LogP contribution is -2.11. The van der Waals surface area contributed by atoms with Crippen LogP contribution in [0.3, 0.4) is 0 Å². The number of aliphatic carboxylic acids is 1. The Labute approximate surface area is 100 Å². The molecule has 4 nitrogen and oxygen atoms in total. The Morgan fingerprint density at radius 2 is 2.00 bits per heavy atom. The minimum absolute atomic E-state index is 0.168. The number of carboxylic acid groups (broad SMARTS) is 1. The Hall–Kier alpha value is -1.84. The molecule has 0 fully saturated rings. The highest BCUT2D eigenvalue weighted by Crippen LogP contribution is 2.11. The minimum atomic E-state index is -0.959. The van der Waals surface area contributed by atoms with Crippen LogP contribution in [0.2, 0.25) is 0 Å². The fraction of sp³-hybridized carbons (Fsp3) is 0.385. The molecule has 1 aromatic carbocycles. The first-order valence-electron chi connectivity index (χ1n) is 5.62. The van der Waals surface area contributed by atoms with Gasteiger partial charge in [-0.1, -0.05) is 31.5 Å². The molecule has 0 heterocycles. The number of ether oxygens (including phenoxy) is 1. The van der Waals surface area contributed by atoms with Crippen molar-refractivity contribution in [2.75, 3.05) is 6.61 Å². The van der Waals surface area contributed by atoms with Gasteiger partial charge in [0.05, 0.1) is 18.6 Å². The maximum atomic E-state index is 11.7. The number of esters is 1. The van der Waals surface area contributed by atoms with E-state index in [0.29, 0.717) is 17.7 Å². The van der Waals surface area contributed by atoms with Crippen molar-refractivity contribution in [3.05, 3.63) is 35.4 Å². The second kappa shape index (κ2) is 6.68. The molecule has 0 radical (unpaired) electrons. The van der Waals surface area contributed by atoms with Gasteiger partial charge in [-0.3, -0.25) is 4.79 Å². The zero-order chi connectivity index (χ0) is 12.7. The minimum Gasteiger partial charge on any atom is -0.481 e. The van der Waals surface area contributed by atoms with Crippen molar-refractivity contribution in [2.24, 2.45) is 0 Å². The summed E-state index contributed by atoms with van der Waals surface area (Å²) >= 11 is 0. The van der Waals surface area contributed by atoms with Crippen LogP contribution in [0.4, 0.5) is 0 Å². The second-order valence-corrected chi connectivity index (χ2v) is 3.72. The molecule has 0 aliphatic heterocycles. The van der Waals surface area contributed by atoms with Crippen molar-refractivity contribution in [1.29, 1.82) is 0 Å². The third-order valence-electron chi connectivity index (χ3n) is 2.31. The van der Waals surface area contributed by atoms with E-state index in [0.717, 1.165) is 12.8 Å². The van der Waals surface area contributed by atoms with E-state index >= 15 is 0 Å². The van der Waals surface area contributed by atoms with Gasteiger partial charge in [-0.15, -0.1) is 0 Å². The summed E-state index contributed by atoms with van der Waals surface area (Å²) in [5.41, 5.74) is 0.826. The highest BCUT2D eigenvalue weighted by Gasteiger charge is 2.13. The van der Waals surface area contributed by atoms with E-state index in [4.69, 9.17) is 9.84 Å². The SMILES string of the molecule is CCCCOC(=O)c1ccccc1CC(=O)O. The van der Waals surface area contributed by atoms with Crippen LogP contribution in [0.25, 0.3) is 0 Å². The van der Waals surface area contributed by atoms with E-state index in [9.17, 15) is 9.59 Å². The largest absolute Gasteiger partial charge is 0.481 e. The molecule has 0 bridgehead atoms. The summed E-state index contributed by atoms with van der Waals surface area (Å²) in [6, 6.07) is 6.62. The Bertz CT molecular complexity index is 398. The Morgan fingerprint density at radius 1 is 1.29 bits per heavy atom. The smallest absolute Gasteiger partial charge is 0.338 e. The van der Waals surface area contributed by atoms with Gasteiger partial charge >= 0.3 is 11.9 Å². The zero-order valence-electron chi connectivity index (χ0n) is 9.81. The molecular weight excluding hydrogens is 220 g/mol. The summed E-state index contributed by atoms with van der Waals surface area (Å²) in [6.07, 6.45) is 1.59. The quantitative estimate of drug-likeness (QED) is 0.608. The molecule has 0 saturated carbocycles. The normalized spacial score (nSPS) is 9.94. The summed E-state index contributed by atoms with van der Waals surface area (Å²) in [7, 11) is 0.